The van der Waals surface area contributed by atoms with Crippen LogP contribution in [-0.2, 0) is 22.4 Å². The van der Waals surface area contributed by atoms with E-state index in [2.05, 4.69) is 5.32 Å². The van der Waals surface area contributed by atoms with Crippen molar-refractivity contribution < 1.29 is 19.6 Å². The second kappa shape index (κ2) is 9.14. The van der Waals surface area contributed by atoms with E-state index in [9.17, 15) is 14.4 Å². The molecule has 2 aromatic carbocycles. The van der Waals surface area contributed by atoms with Crippen LogP contribution in [0.3, 0.4) is 0 Å². The van der Waals surface area contributed by atoms with Crippen LogP contribution in [0, 0.1) is 0 Å². The zero-order chi connectivity index (χ0) is 19.9. The fraction of sp³-hybridized carbons (Fsp3) is 0.286. The van der Waals surface area contributed by atoms with E-state index in [1.165, 1.54) is 0 Å². The number of carbonyl (C=O) groups is 3. The molecule has 3 rings (SSSR count). The van der Waals surface area contributed by atoms with Gasteiger partial charge in [0.2, 0.25) is 0 Å². The predicted octanol–water partition coefficient (Wildman–Crippen LogP) is 2.05. The number of hydroxylamine groups is 1. The number of benzene rings is 2. The summed E-state index contributed by atoms with van der Waals surface area (Å²) in [4.78, 5) is 38.3. The summed E-state index contributed by atoms with van der Waals surface area (Å²) >= 11 is 0. The Morgan fingerprint density at radius 3 is 2.14 bits per heavy atom. The standard InChI is InChI=1S/C21H23N3O4/c25-19(23-28)18(14-12-16-9-5-2-6-10-16)24-20(26)17(22-21(24)27)13-11-15-7-3-1-4-8-15/h1-10,17-18,28H,11-14H2,(H,22,27)(H,23,25)/t17-,18+/m0/s1. The van der Waals surface area contributed by atoms with Gasteiger partial charge in [0.15, 0.2) is 0 Å². The molecule has 2 aromatic rings. The van der Waals surface area contributed by atoms with Crippen LogP contribution in [0.5, 0.6) is 0 Å². The van der Waals surface area contributed by atoms with E-state index in [1.807, 2.05) is 60.7 Å². The van der Waals surface area contributed by atoms with Gasteiger partial charge in [0.25, 0.3) is 11.8 Å². The summed E-state index contributed by atoms with van der Waals surface area (Å²) in [6, 6.07) is 16.8. The number of nitrogens with zero attached hydrogens (tertiary/aromatic N) is 1. The molecule has 3 N–H and O–H groups in total. The van der Waals surface area contributed by atoms with E-state index >= 15 is 0 Å². The van der Waals surface area contributed by atoms with Crippen LogP contribution < -0.4 is 10.8 Å². The van der Waals surface area contributed by atoms with Gasteiger partial charge in [-0.05, 0) is 36.8 Å². The largest absolute Gasteiger partial charge is 0.326 e. The molecule has 0 bridgehead atoms. The van der Waals surface area contributed by atoms with Crippen molar-refractivity contribution in [2.45, 2.75) is 37.8 Å². The molecule has 1 fully saturated rings. The molecule has 1 aliphatic rings. The zero-order valence-electron chi connectivity index (χ0n) is 15.4. The van der Waals surface area contributed by atoms with Crippen molar-refractivity contribution >= 4 is 17.8 Å². The van der Waals surface area contributed by atoms with Gasteiger partial charge in [-0.1, -0.05) is 60.7 Å². The number of hydrogen-bond acceptors (Lipinski definition) is 4. The van der Waals surface area contributed by atoms with Crippen LogP contribution in [0.15, 0.2) is 60.7 Å². The Hall–Kier alpha value is -3.19. The van der Waals surface area contributed by atoms with Crippen molar-refractivity contribution in [3.05, 3.63) is 71.8 Å². The number of urea groups is 1. The van der Waals surface area contributed by atoms with Crippen molar-refractivity contribution in [1.82, 2.24) is 15.7 Å². The highest BCUT2D eigenvalue weighted by molar-refractivity contribution is 6.07. The Bertz CT molecular complexity index is 826. The lowest BCUT2D eigenvalue weighted by Gasteiger charge is -2.23. The highest BCUT2D eigenvalue weighted by atomic mass is 16.5. The van der Waals surface area contributed by atoms with Gasteiger partial charge in [-0.25, -0.2) is 15.2 Å². The molecule has 146 valence electrons. The Kier molecular flexibility index (Phi) is 6.39. The lowest BCUT2D eigenvalue weighted by molar-refractivity contribution is -0.140. The summed E-state index contributed by atoms with van der Waals surface area (Å²) in [6.07, 6.45) is 1.79. The van der Waals surface area contributed by atoms with Crippen molar-refractivity contribution in [3.63, 3.8) is 0 Å². The van der Waals surface area contributed by atoms with Crippen molar-refractivity contribution in [3.8, 4) is 0 Å². The minimum Gasteiger partial charge on any atom is -0.326 e. The number of imide groups is 1. The van der Waals surface area contributed by atoms with Crippen LogP contribution in [0.25, 0.3) is 0 Å². The van der Waals surface area contributed by atoms with Gasteiger partial charge >= 0.3 is 6.03 Å². The smallest absolute Gasteiger partial charge is 0.325 e. The number of carbonyl (C=O) groups excluding carboxylic acids is 3. The molecule has 28 heavy (non-hydrogen) atoms. The Labute approximate surface area is 163 Å². The van der Waals surface area contributed by atoms with Gasteiger partial charge in [0.05, 0.1) is 0 Å². The second-order valence-electron chi connectivity index (χ2n) is 6.75. The summed E-state index contributed by atoms with van der Waals surface area (Å²) < 4.78 is 0. The normalized spacial score (nSPS) is 17.3. The van der Waals surface area contributed by atoms with E-state index in [0.717, 1.165) is 16.0 Å². The average molecular weight is 381 g/mol. The third kappa shape index (κ3) is 4.55. The number of nitrogens with one attached hydrogen (secondary N) is 2. The molecule has 0 aliphatic carbocycles. The molecule has 1 heterocycles. The van der Waals surface area contributed by atoms with Gasteiger partial charge in [-0.15, -0.1) is 0 Å². The van der Waals surface area contributed by atoms with Crippen LogP contribution in [0.1, 0.15) is 24.0 Å². The minimum atomic E-state index is -1.07. The van der Waals surface area contributed by atoms with Gasteiger partial charge < -0.3 is 5.32 Å². The molecular formula is C21H23N3O4. The summed E-state index contributed by atoms with van der Waals surface area (Å²) in [6.45, 7) is 0. The number of amides is 4. The van der Waals surface area contributed by atoms with Gasteiger partial charge in [-0.3, -0.25) is 14.8 Å². The van der Waals surface area contributed by atoms with Gasteiger partial charge in [0.1, 0.15) is 12.1 Å². The number of rotatable bonds is 8. The van der Waals surface area contributed by atoms with Crippen LogP contribution in [-0.4, -0.2) is 40.0 Å². The van der Waals surface area contributed by atoms with Gasteiger partial charge in [-0.2, -0.15) is 0 Å². The fourth-order valence-electron chi connectivity index (χ4n) is 3.39. The summed E-state index contributed by atoms with van der Waals surface area (Å²) in [5.41, 5.74) is 3.62. The Balaban J connectivity index is 1.68. The molecule has 7 nitrogen and oxygen atoms in total. The molecule has 4 amide bonds. The highest BCUT2D eigenvalue weighted by Gasteiger charge is 2.44. The average Bonchev–Trinajstić information content (AvgIpc) is 3.01. The lowest BCUT2D eigenvalue weighted by Crippen LogP contribution is -2.49. The minimum absolute atomic E-state index is 0.223. The van der Waals surface area contributed by atoms with Gasteiger partial charge in [0, 0.05) is 0 Å². The fourth-order valence-corrected chi connectivity index (χ4v) is 3.39. The molecule has 0 saturated carbocycles. The predicted molar refractivity (Wildman–Crippen MR) is 102 cm³/mol. The topological polar surface area (TPSA) is 98.7 Å². The quantitative estimate of drug-likeness (QED) is 0.370. The SMILES string of the molecule is O=C(NO)[C@@H](CCc1ccccc1)N1C(=O)N[C@@H](CCc2ccccc2)C1=O. The molecule has 2 atom stereocenters. The Morgan fingerprint density at radius 1 is 1.00 bits per heavy atom. The van der Waals surface area contributed by atoms with E-state index in [-0.39, 0.29) is 6.42 Å². The monoisotopic (exact) mass is 381 g/mol. The highest BCUT2D eigenvalue weighted by Crippen LogP contribution is 2.19. The molecule has 0 radical (unpaired) electrons. The van der Waals surface area contributed by atoms with Crippen molar-refractivity contribution in [2.24, 2.45) is 0 Å². The first kappa shape index (κ1) is 19.6. The molecule has 0 aromatic heterocycles. The molecule has 0 unspecified atom stereocenters. The third-order valence-electron chi connectivity index (χ3n) is 4.89. The first-order valence-electron chi connectivity index (χ1n) is 9.25. The number of aryl methyl sites for hydroxylation is 2. The summed E-state index contributed by atoms with van der Waals surface area (Å²) in [5.74, 6) is -1.22. The lowest BCUT2D eigenvalue weighted by atomic mass is 10.0. The van der Waals surface area contributed by atoms with Crippen LogP contribution in [0.2, 0.25) is 0 Å². The van der Waals surface area contributed by atoms with E-state index < -0.39 is 29.9 Å². The summed E-state index contributed by atoms with van der Waals surface area (Å²) in [7, 11) is 0. The maximum absolute atomic E-state index is 12.8. The first-order chi connectivity index (χ1) is 13.6. The number of hydrogen-bond donors (Lipinski definition) is 3. The van der Waals surface area contributed by atoms with E-state index in [1.54, 1.807) is 5.48 Å². The molecular weight excluding hydrogens is 358 g/mol. The first-order valence-corrected chi connectivity index (χ1v) is 9.25. The molecule has 1 aliphatic heterocycles. The summed E-state index contributed by atoms with van der Waals surface area (Å²) in [5, 5.41) is 11.7. The maximum atomic E-state index is 12.8. The zero-order valence-corrected chi connectivity index (χ0v) is 15.4. The Morgan fingerprint density at radius 2 is 1.57 bits per heavy atom. The molecule has 1 saturated heterocycles. The maximum Gasteiger partial charge on any atom is 0.325 e. The van der Waals surface area contributed by atoms with Crippen LogP contribution >= 0.6 is 0 Å². The third-order valence-corrected chi connectivity index (χ3v) is 4.89. The van der Waals surface area contributed by atoms with E-state index in [0.29, 0.717) is 19.3 Å². The molecule has 7 heteroatoms. The van der Waals surface area contributed by atoms with Crippen LogP contribution in [0.4, 0.5) is 4.79 Å². The second-order valence-corrected chi connectivity index (χ2v) is 6.75. The van der Waals surface area contributed by atoms with E-state index in [4.69, 9.17) is 5.21 Å². The van der Waals surface area contributed by atoms with Crippen molar-refractivity contribution in [2.75, 3.05) is 0 Å². The molecule has 0 spiro atoms. The van der Waals surface area contributed by atoms with Crippen molar-refractivity contribution in [1.29, 1.82) is 0 Å².